The van der Waals surface area contributed by atoms with E-state index in [4.69, 9.17) is 0 Å². The number of carbonyl (C=O) groups excluding carboxylic acids is 1. The van der Waals surface area contributed by atoms with Crippen molar-refractivity contribution in [1.29, 1.82) is 0 Å². The third-order valence-corrected chi connectivity index (χ3v) is 6.46. The Hall–Kier alpha value is -3.12. The van der Waals surface area contributed by atoms with Crippen LogP contribution in [0.5, 0.6) is 0 Å². The molecule has 0 radical (unpaired) electrons. The molecule has 0 fully saturated rings. The van der Waals surface area contributed by atoms with Crippen LogP contribution in [0.25, 0.3) is 0 Å². The van der Waals surface area contributed by atoms with E-state index in [9.17, 15) is 13.2 Å². The van der Waals surface area contributed by atoms with Crippen molar-refractivity contribution in [2.24, 2.45) is 0 Å². The number of para-hydroxylation sites is 1. The Kier molecular flexibility index (Phi) is 6.34. The molecule has 3 aromatic rings. The number of nitrogens with one attached hydrogen (secondary N) is 1. The van der Waals surface area contributed by atoms with Gasteiger partial charge in [0.2, 0.25) is 5.91 Å². The standard InChI is InChI=1S/C23H24N2O3S/c1-18-12-14-20(15-13-18)25(29(27,28)21-9-4-3-5-10-21)17-16-23(26)24-22-11-7-6-8-19(22)2/h3-15H,16-17H2,1-2H3,(H,24,26). The Morgan fingerprint density at radius 1 is 0.862 bits per heavy atom. The lowest BCUT2D eigenvalue weighted by molar-refractivity contribution is -0.116. The van der Waals surface area contributed by atoms with E-state index in [0.717, 1.165) is 16.8 Å². The Morgan fingerprint density at radius 3 is 2.14 bits per heavy atom. The number of hydrogen-bond acceptors (Lipinski definition) is 3. The third kappa shape index (κ3) is 5.03. The van der Waals surface area contributed by atoms with E-state index in [2.05, 4.69) is 5.32 Å². The Labute approximate surface area is 172 Å². The molecular weight excluding hydrogens is 384 g/mol. The molecule has 29 heavy (non-hydrogen) atoms. The van der Waals surface area contributed by atoms with Crippen LogP contribution in [0, 0.1) is 13.8 Å². The van der Waals surface area contributed by atoms with Crippen LogP contribution >= 0.6 is 0 Å². The van der Waals surface area contributed by atoms with Gasteiger partial charge < -0.3 is 5.32 Å². The topological polar surface area (TPSA) is 66.5 Å². The summed E-state index contributed by atoms with van der Waals surface area (Å²) < 4.78 is 27.8. The van der Waals surface area contributed by atoms with Gasteiger partial charge in [0.1, 0.15) is 0 Å². The highest BCUT2D eigenvalue weighted by molar-refractivity contribution is 7.92. The van der Waals surface area contributed by atoms with Crippen molar-refractivity contribution in [1.82, 2.24) is 0 Å². The number of hydrogen-bond donors (Lipinski definition) is 1. The molecule has 0 atom stereocenters. The Morgan fingerprint density at radius 2 is 1.48 bits per heavy atom. The van der Waals surface area contributed by atoms with Crippen LogP contribution in [0.4, 0.5) is 11.4 Å². The molecule has 1 N–H and O–H groups in total. The summed E-state index contributed by atoms with van der Waals surface area (Å²) in [6.07, 6.45) is 0.0360. The number of carbonyl (C=O) groups is 1. The number of benzene rings is 3. The molecule has 0 saturated carbocycles. The van der Waals surface area contributed by atoms with Crippen molar-refractivity contribution in [2.75, 3.05) is 16.2 Å². The molecule has 0 aromatic heterocycles. The Bertz CT molecular complexity index is 1080. The molecule has 6 heteroatoms. The molecule has 0 spiro atoms. The molecule has 3 rings (SSSR count). The summed E-state index contributed by atoms with van der Waals surface area (Å²) in [5, 5.41) is 2.86. The first-order chi connectivity index (χ1) is 13.9. The quantitative estimate of drug-likeness (QED) is 0.625. The number of anilines is 2. The van der Waals surface area contributed by atoms with Crippen molar-refractivity contribution in [3.05, 3.63) is 90.0 Å². The van der Waals surface area contributed by atoms with E-state index >= 15 is 0 Å². The number of aryl methyl sites for hydroxylation is 2. The van der Waals surface area contributed by atoms with E-state index < -0.39 is 10.0 Å². The molecule has 0 unspecified atom stereocenters. The van der Waals surface area contributed by atoms with Gasteiger partial charge in [0, 0.05) is 18.7 Å². The summed E-state index contributed by atoms with van der Waals surface area (Å²) in [7, 11) is -3.79. The molecule has 0 aliphatic carbocycles. The number of rotatable bonds is 7. The first-order valence-electron chi connectivity index (χ1n) is 9.38. The minimum Gasteiger partial charge on any atom is -0.326 e. The summed E-state index contributed by atoms with van der Waals surface area (Å²) in [4.78, 5) is 12.7. The summed E-state index contributed by atoms with van der Waals surface area (Å²) in [6.45, 7) is 3.89. The number of nitrogens with zero attached hydrogens (tertiary/aromatic N) is 1. The highest BCUT2D eigenvalue weighted by Gasteiger charge is 2.25. The summed E-state index contributed by atoms with van der Waals surface area (Å²) in [6, 6.07) is 23.0. The van der Waals surface area contributed by atoms with Gasteiger partial charge in [-0.25, -0.2) is 8.42 Å². The molecule has 0 heterocycles. The van der Waals surface area contributed by atoms with Gasteiger partial charge in [0.15, 0.2) is 0 Å². The lowest BCUT2D eigenvalue weighted by Crippen LogP contribution is -2.34. The molecule has 0 aliphatic heterocycles. The van der Waals surface area contributed by atoms with Crippen molar-refractivity contribution < 1.29 is 13.2 Å². The highest BCUT2D eigenvalue weighted by atomic mass is 32.2. The van der Waals surface area contributed by atoms with Gasteiger partial charge in [0.05, 0.1) is 10.6 Å². The largest absolute Gasteiger partial charge is 0.326 e. The fraction of sp³-hybridized carbons (Fsp3) is 0.174. The van der Waals surface area contributed by atoms with Gasteiger partial charge >= 0.3 is 0 Å². The van der Waals surface area contributed by atoms with Crippen molar-refractivity contribution in [2.45, 2.75) is 25.2 Å². The van der Waals surface area contributed by atoms with Gasteiger partial charge in [-0.2, -0.15) is 0 Å². The van der Waals surface area contributed by atoms with Crippen LogP contribution in [-0.4, -0.2) is 20.9 Å². The van der Waals surface area contributed by atoms with Crippen LogP contribution in [0.1, 0.15) is 17.5 Å². The van der Waals surface area contributed by atoms with Crippen molar-refractivity contribution in [3.8, 4) is 0 Å². The third-order valence-electron chi connectivity index (χ3n) is 4.61. The van der Waals surface area contributed by atoms with E-state index in [-0.39, 0.29) is 23.8 Å². The molecule has 3 aromatic carbocycles. The second-order valence-electron chi connectivity index (χ2n) is 6.84. The average molecular weight is 409 g/mol. The molecule has 0 bridgehead atoms. The van der Waals surface area contributed by atoms with E-state index in [1.54, 1.807) is 42.5 Å². The van der Waals surface area contributed by atoms with Crippen molar-refractivity contribution >= 4 is 27.3 Å². The fourth-order valence-electron chi connectivity index (χ4n) is 2.95. The number of sulfonamides is 1. The maximum Gasteiger partial charge on any atom is 0.264 e. The fourth-order valence-corrected chi connectivity index (χ4v) is 4.43. The zero-order chi connectivity index (χ0) is 20.9. The zero-order valence-corrected chi connectivity index (χ0v) is 17.3. The predicted molar refractivity (Wildman–Crippen MR) is 117 cm³/mol. The summed E-state index contributed by atoms with van der Waals surface area (Å²) in [5.41, 5.74) is 3.24. The first kappa shape index (κ1) is 20.6. The normalized spacial score (nSPS) is 11.1. The van der Waals surface area contributed by atoms with Crippen LogP contribution in [0.3, 0.4) is 0 Å². The number of amides is 1. The van der Waals surface area contributed by atoms with Crippen LogP contribution < -0.4 is 9.62 Å². The van der Waals surface area contributed by atoms with Crippen LogP contribution in [0.2, 0.25) is 0 Å². The van der Waals surface area contributed by atoms with Gasteiger partial charge in [-0.05, 0) is 49.7 Å². The van der Waals surface area contributed by atoms with Crippen molar-refractivity contribution in [3.63, 3.8) is 0 Å². The van der Waals surface area contributed by atoms with E-state index in [1.165, 1.54) is 4.31 Å². The monoisotopic (exact) mass is 408 g/mol. The SMILES string of the molecule is Cc1ccc(N(CCC(=O)Nc2ccccc2C)S(=O)(=O)c2ccccc2)cc1. The van der Waals surface area contributed by atoms with Gasteiger partial charge in [-0.15, -0.1) is 0 Å². The molecule has 1 amide bonds. The zero-order valence-electron chi connectivity index (χ0n) is 16.5. The highest BCUT2D eigenvalue weighted by Crippen LogP contribution is 2.24. The van der Waals surface area contributed by atoms with Gasteiger partial charge in [0.25, 0.3) is 10.0 Å². The smallest absolute Gasteiger partial charge is 0.264 e. The molecule has 0 aliphatic rings. The second-order valence-corrected chi connectivity index (χ2v) is 8.70. The minimum absolute atomic E-state index is 0.0360. The van der Waals surface area contributed by atoms with Gasteiger partial charge in [-0.1, -0.05) is 54.1 Å². The minimum atomic E-state index is -3.79. The average Bonchev–Trinajstić information content (AvgIpc) is 2.72. The van der Waals surface area contributed by atoms with E-state index in [1.807, 2.05) is 50.2 Å². The van der Waals surface area contributed by atoms with Gasteiger partial charge in [-0.3, -0.25) is 9.10 Å². The second kappa shape index (κ2) is 8.92. The molecule has 5 nitrogen and oxygen atoms in total. The molecule has 150 valence electrons. The predicted octanol–water partition coefficient (Wildman–Crippen LogP) is 4.53. The lowest BCUT2D eigenvalue weighted by Gasteiger charge is -2.24. The summed E-state index contributed by atoms with van der Waals surface area (Å²) in [5.74, 6) is -0.236. The van der Waals surface area contributed by atoms with Crippen LogP contribution in [-0.2, 0) is 14.8 Å². The maximum absolute atomic E-state index is 13.2. The molecular formula is C23H24N2O3S. The maximum atomic E-state index is 13.2. The first-order valence-corrected chi connectivity index (χ1v) is 10.8. The van der Waals surface area contributed by atoms with E-state index in [0.29, 0.717) is 5.69 Å². The lowest BCUT2D eigenvalue weighted by atomic mass is 10.2. The summed E-state index contributed by atoms with van der Waals surface area (Å²) >= 11 is 0. The van der Waals surface area contributed by atoms with Crippen LogP contribution in [0.15, 0.2) is 83.8 Å². The Balaban J connectivity index is 1.83. The molecule has 0 saturated heterocycles.